The van der Waals surface area contributed by atoms with E-state index in [1.165, 1.54) is 0 Å². The minimum absolute atomic E-state index is 0.00197. The van der Waals surface area contributed by atoms with Crippen molar-refractivity contribution >= 4 is 30.2 Å². The molecule has 0 N–H and O–H groups in total. The number of hydrogen-bond acceptors (Lipinski definition) is 2. The zero-order chi connectivity index (χ0) is 18.4. The standard InChI is InChI=1S/C20H30BrNO2Si/c1-20(2,3)25(4,5)24-15-11-17(21)18-12-16(19(23)22(18)13-15)14-9-7-6-8-10-14/h6-10,15-18H,11-13H2,1-5H3/t15-,16+,17-,18+/m1/s1. The zero-order valence-electron chi connectivity index (χ0n) is 16.0. The Bertz CT molecular complexity index is 628. The van der Waals surface area contributed by atoms with Crippen molar-refractivity contribution < 1.29 is 9.22 Å². The quantitative estimate of drug-likeness (QED) is 0.509. The maximum Gasteiger partial charge on any atom is 0.230 e. The van der Waals surface area contributed by atoms with Crippen molar-refractivity contribution in [2.45, 2.75) is 74.6 Å². The molecule has 0 bridgehead atoms. The highest BCUT2D eigenvalue weighted by Crippen LogP contribution is 2.43. The summed E-state index contributed by atoms with van der Waals surface area (Å²) in [7, 11) is -1.83. The molecular formula is C20H30BrNO2Si. The van der Waals surface area contributed by atoms with Crippen LogP contribution in [0.3, 0.4) is 0 Å². The van der Waals surface area contributed by atoms with Gasteiger partial charge in [-0.05, 0) is 36.5 Å². The normalized spacial score (nSPS) is 30.5. The van der Waals surface area contributed by atoms with Gasteiger partial charge >= 0.3 is 0 Å². The number of carbonyl (C=O) groups is 1. The van der Waals surface area contributed by atoms with E-state index in [2.05, 4.69) is 66.8 Å². The van der Waals surface area contributed by atoms with E-state index >= 15 is 0 Å². The molecule has 0 radical (unpaired) electrons. The maximum absolute atomic E-state index is 13.1. The fourth-order valence-corrected chi connectivity index (χ4v) is 6.02. The topological polar surface area (TPSA) is 29.5 Å². The van der Waals surface area contributed by atoms with Crippen molar-refractivity contribution in [3.8, 4) is 0 Å². The van der Waals surface area contributed by atoms with Crippen LogP contribution in [0.25, 0.3) is 0 Å². The molecule has 0 unspecified atom stereocenters. The first-order valence-corrected chi connectivity index (χ1v) is 13.1. The summed E-state index contributed by atoms with van der Waals surface area (Å²) in [6.07, 6.45) is 2.04. The molecule has 3 nitrogen and oxygen atoms in total. The number of alkyl halides is 1. The molecule has 2 aliphatic rings. The second kappa shape index (κ2) is 6.82. The number of benzene rings is 1. The number of carbonyl (C=O) groups excluding carboxylic acids is 1. The van der Waals surface area contributed by atoms with Crippen LogP contribution in [-0.2, 0) is 9.22 Å². The summed E-state index contributed by atoms with van der Waals surface area (Å²) in [5.74, 6) is 0.266. The third-order valence-electron chi connectivity index (χ3n) is 6.23. The number of fused-ring (bicyclic) bond motifs is 1. The van der Waals surface area contributed by atoms with E-state index in [-0.39, 0.29) is 29.0 Å². The number of amides is 1. The summed E-state index contributed by atoms with van der Waals surface area (Å²) < 4.78 is 6.63. The smallest absolute Gasteiger partial charge is 0.230 e. The second-order valence-electron chi connectivity index (χ2n) is 9.01. The van der Waals surface area contributed by atoms with Crippen LogP contribution in [-0.4, -0.2) is 42.6 Å². The molecule has 1 aromatic carbocycles. The monoisotopic (exact) mass is 423 g/mol. The van der Waals surface area contributed by atoms with Crippen molar-refractivity contribution in [3.63, 3.8) is 0 Å². The lowest BCUT2D eigenvalue weighted by Gasteiger charge is -2.44. The molecule has 25 heavy (non-hydrogen) atoms. The minimum atomic E-state index is -1.83. The number of halogens is 1. The Hall–Kier alpha value is -0.653. The molecule has 1 amide bonds. The van der Waals surface area contributed by atoms with Crippen LogP contribution in [0.4, 0.5) is 0 Å². The van der Waals surface area contributed by atoms with Gasteiger partial charge in [-0.15, -0.1) is 0 Å². The van der Waals surface area contributed by atoms with Crippen molar-refractivity contribution in [1.29, 1.82) is 0 Å². The Kier molecular flexibility index (Phi) is 5.22. The average molecular weight is 424 g/mol. The van der Waals surface area contributed by atoms with E-state index in [1.807, 2.05) is 18.2 Å². The molecular weight excluding hydrogens is 394 g/mol. The highest BCUT2D eigenvalue weighted by atomic mass is 79.9. The fraction of sp³-hybridized carbons (Fsp3) is 0.650. The van der Waals surface area contributed by atoms with Gasteiger partial charge in [-0.1, -0.05) is 67.0 Å². The van der Waals surface area contributed by atoms with Gasteiger partial charge in [0.25, 0.3) is 0 Å². The Morgan fingerprint density at radius 2 is 1.80 bits per heavy atom. The van der Waals surface area contributed by atoms with Gasteiger partial charge in [0, 0.05) is 17.4 Å². The van der Waals surface area contributed by atoms with Crippen LogP contribution in [0, 0.1) is 0 Å². The zero-order valence-corrected chi connectivity index (χ0v) is 18.5. The summed E-state index contributed by atoms with van der Waals surface area (Å²) in [5, 5.41) is 0.188. The summed E-state index contributed by atoms with van der Waals surface area (Å²) in [6.45, 7) is 12.1. The van der Waals surface area contributed by atoms with E-state index in [9.17, 15) is 4.79 Å². The Labute approximate surface area is 161 Å². The van der Waals surface area contributed by atoms with E-state index in [1.54, 1.807) is 0 Å². The third kappa shape index (κ3) is 3.74. The summed E-state index contributed by atoms with van der Waals surface area (Å²) in [6, 6.07) is 10.5. The molecule has 2 saturated heterocycles. The number of nitrogens with zero attached hydrogens (tertiary/aromatic N) is 1. The van der Waals surface area contributed by atoms with Gasteiger partial charge in [-0.3, -0.25) is 4.79 Å². The van der Waals surface area contributed by atoms with Gasteiger partial charge < -0.3 is 9.33 Å². The van der Waals surface area contributed by atoms with Crippen molar-refractivity contribution in [2.75, 3.05) is 6.54 Å². The van der Waals surface area contributed by atoms with Crippen molar-refractivity contribution in [2.24, 2.45) is 0 Å². The SMILES string of the molecule is CC(C)(C)[Si](C)(C)O[C@@H]1C[C@@H](Br)[C@@H]2C[C@@H](c3ccccc3)C(=O)N2C1. The molecule has 0 aromatic heterocycles. The summed E-state index contributed by atoms with van der Waals surface area (Å²) in [4.78, 5) is 15.5. The van der Waals surface area contributed by atoms with E-state index in [4.69, 9.17) is 4.43 Å². The Morgan fingerprint density at radius 3 is 2.40 bits per heavy atom. The highest BCUT2D eigenvalue weighted by molar-refractivity contribution is 9.09. The molecule has 5 heteroatoms. The predicted octanol–water partition coefficient (Wildman–Crippen LogP) is 4.93. The van der Waals surface area contributed by atoms with Crippen LogP contribution in [0.15, 0.2) is 30.3 Å². The Balaban J connectivity index is 1.75. The van der Waals surface area contributed by atoms with Gasteiger partial charge in [0.2, 0.25) is 5.91 Å². The number of hydrogen-bond donors (Lipinski definition) is 0. The average Bonchev–Trinajstić information content (AvgIpc) is 2.85. The molecule has 0 spiro atoms. The maximum atomic E-state index is 13.1. The van der Waals surface area contributed by atoms with Crippen LogP contribution < -0.4 is 0 Å². The van der Waals surface area contributed by atoms with Crippen LogP contribution >= 0.6 is 15.9 Å². The minimum Gasteiger partial charge on any atom is -0.412 e. The van der Waals surface area contributed by atoms with Gasteiger partial charge in [0.15, 0.2) is 8.32 Å². The van der Waals surface area contributed by atoms with Gasteiger partial charge in [-0.25, -0.2) is 0 Å². The lowest BCUT2D eigenvalue weighted by Crippen LogP contribution is -2.54. The highest BCUT2D eigenvalue weighted by Gasteiger charge is 2.49. The predicted molar refractivity (Wildman–Crippen MR) is 109 cm³/mol. The van der Waals surface area contributed by atoms with Crippen LogP contribution in [0.5, 0.6) is 0 Å². The molecule has 1 aromatic rings. The van der Waals surface area contributed by atoms with E-state index in [0.717, 1.165) is 24.9 Å². The molecule has 0 saturated carbocycles. The molecule has 2 heterocycles. The first-order valence-electron chi connectivity index (χ1n) is 9.27. The number of piperidine rings is 1. The van der Waals surface area contributed by atoms with Crippen molar-refractivity contribution in [3.05, 3.63) is 35.9 Å². The third-order valence-corrected chi connectivity index (χ3v) is 11.8. The molecule has 4 atom stereocenters. The molecule has 3 rings (SSSR count). The van der Waals surface area contributed by atoms with Crippen LogP contribution in [0.2, 0.25) is 18.1 Å². The largest absolute Gasteiger partial charge is 0.412 e. The first-order chi connectivity index (χ1) is 11.6. The molecule has 2 aliphatic heterocycles. The molecule has 0 aliphatic carbocycles. The van der Waals surface area contributed by atoms with Gasteiger partial charge in [0.1, 0.15) is 0 Å². The van der Waals surface area contributed by atoms with Crippen LogP contribution in [0.1, 0.15) is 45.1 Å². The number of rotatable bonds is 3. The van der Waals surface area contributed by atoms with Crippen molar-refractivity contribution in [1.82, 2.24) is 4.90 Å². The lowest BCUT2D eigenvalue weighted by atomic mass is 9.93. The second-order valence-corrected chi connectivity index (χ2v) is 14.9. The first kappa shape index (κ1) is 19.1. The van der Waals surface area contributed by atoms with E-state index < -0.39 is 8.32 Å². The van der Waals surface area contributed by atoms with Gasteiger partial charge in [0.05, 0.1) is 12.0 Å². The van der Waals surface area contributed by atoms with Gasteiger partial charge in [-0.2, -0.15) is 0 Å². The lowest BCUT2D eigenvalue weighted by molar-refractivity contribution is -0.132. The molecule has 138 valence electrons. The summed E-state index contributed by atoms with van der Waals surface area (Å²) >= 11 is 3.86. The fourth-order valence-electron chi connectivity index (χ4n) is 3.75. The van der Waals surface area contributed by atoms with E-state index in [0.29, 0.717) is 4.83 Å². The summed E-state index contributed by atoms with van der Waals surface area (Å²) in [5.41, 5.74) is 1.14. The Morgan fingerprint density at radius 1 is 1.16 bits per heavy atom. The molecule has 2 fully saturated rings.